The maximum Gasteiger partial charge on any atom is 0.340 e. The summed E-state index contributed by atoms with van der Waals surface area (Å²) in [6, 6.07) is 8.02. The van der Waals surface area contributed by atoms with Crippen LogP contribution >= 0.6 is 0 Å². The number of ether oxygens (including phenoxy) is 1. The quantitative estimate of drug-likeness (QED) is 0.491. The van der Waals surface area contributed by atoms with Crippen molar-refractivity contribution in [3.05, 3.63) is 58.7 Å². The number of rotatable bonds is 7. The van der Waals surface area contributed by atoms with Gasteiger partial charge in [-0.05, 0) is 37.6 Å². The van der Waals surface area contributed by atoms with E-state index in [4.69, 9.17) is 15.6 Å². The van der Waals surface area contributed by atoms with E-state index in [1.807, 2.05) is 18.4 Å². The molecule has 0 atom stereocenters. The van der Waals surface area contributed by atoms with Gasteiger partial charge in [0, 0.05) is 32.0 Å². The average molecular weight is 460 g/mol. The molecule has 0 aliphatic rings. The third-order valence-electron chi connectivity index (χ3n) is 4.81. The third-order valence-corrected chi connectivity index (χ3v) is 5.73. The summed E-state index contributed by atoms with van der Waals surface area (Å²) in [5.41, 5.74) is 8.53. The van der Waals surface area contributed by atoms with Crippen LogP contribution in [0.25, 0.3) is 0 Å². The van der Waals surface area contributed by atoms with Gasteiger partial charge < -0.3 is 19.9 Å². The maximum atomic E-state index is 12.7. The van der Waals surface area contributed by atoms with Gasteiger partial charge in [0.15, 0.2) is 12.4 Å². The van der Waals surface area contributed by atoms with E-state index in [1.54, 1.807) is 37.2 Å². The largest absolute Gasteiger partial charge is 0.454 e. The zero-order chi connectivity index (χ0) is 23.6. The summed E-state index contributed by atoms with van der Waals surface area (Å²) in [5.74, 6) is 0.147. The van der Waals surface area contributed by atoms with Crippen LogP contribution in [-0.4, -0.2) is 48.0 Å². The average Bonchev–Trinajstić information content (AvgIpc) is 2.99. The monoisotopic (exact) mass is 459 g/mol. The zero-order valence-corrected chi connectivity index (χ0v) is 19.0. The van der Waals surface area contributed by atoms with Crippen molar-refractivity contribution < 1.29 is 17.9 Å². The number of hydrogen-bond donors (Lipinski definition) is 2. The number of hydrogen-bond acceptors (Lipinski definition) is 9. The van der Waals surface area contributed by atoms with Crippen LogP contribution < -0.4 is 15.8 Å². The van der Waals surface area contributed by atoms with Crippen LogP contribution in [-0.2, 0) is 27.9 Å². The van der Waals surface area contributed by atoms with E-state index >= 15 is 0 Å². The fourth-order valence-corrected chi connectivity index (χ4v) is 3.63. The van der Waals surface area contributed by atoms with Gasteiger partial charge >= 0.3 is 5.97 Å². The van der Waals surface area contributed by atoms with E-state index in [9.17, 15) is 13.2 Å². The summed E-state index contributed by atoms with van der Waals surface area (Å²) in [4.78, 5) is 26.6. The SMILES string of the molecule is Cc1cc(C(=O)OCc2nc(N)nc(N(C)C)n2)c(C)n1Cc1ccc(S(N)(=O)=O)cc1. The van der Waals surface area contributed by atoms with Crippen molar-refractivity contribution in [1.82, 2.24) is 19.5 Å². The third kappa shape index (κ3) is 5.21. The molecule has 0 aliphatic heterocycles. The summed E-state index contributed by atoms with van der Waals surface area (Å²) in [7, 11) is -0.216. The molecule has 0 saturated heterocycles. The lowest BCUT2D eigenvalue weighted by Crippen LogP contribution is -2.17. The number of carbonyl (C=O) groups excluding carboxylic acids is 1. The first-order chi connectivity index (χ1) is 15.0. The summed E-state index contributed by atoms with van der Waals surface area (Å²) in [5, 5.41) is 5.14. The zero-order valence-electron chi connectivity index (χ0n) is 18.2. The number of nitrogens with zero attached hydrogens (tertiary/aromatic N) is 5. The van der Waals surface area contributed by atoms with E-state index in [2.05, 4.69) is 15.0 Å². The van der Waals surface area contributed by atoms with Gasteiger partial charge in [-0.15, -0.1) is 0 Å². The second-order valence-electron chi connectivity index (χ2n) is 7.44. The van der Waals surface area contributed by atoms with Crippen LogP contribution in [0.15, 0.2) is 35.2 Å². The molecule has 12 heteroatoms. The van der Waals surface area contributed by atoms with E-state index in [0.29, 0.717) is 23.8 Å². The molecular formula is C20H25N7O4S. The van der Waals surface area contributed by atoms with Gasteiger partial charge in [0.25, 0.3) is 0 Å². The highest BCUT2D eigenvalue weighted by Gasteiger charge is 2.18. The van der Waals surface area contributed by atoms with E-state index in [1.165, 1.54) is 12.1 Å². The van der Waals surface area contributed by atoms with E-state index < -0.39 is 16.0 Å². The molecule has 2 heterocycles. The van der Waals surface area contributed by atoms with Gasteiger partial charge in [-0.25, -0.2) is 18.4 Å². The molecule has 0 unspecified atom stereocenters. The normalized spacial score (nSPS) is 11.4. The molecule has 3 aromatic rings. The van der Waals surface area contributed by atoms with Crippen molar-refractivity contribution in [2.75, 3.05) is 24.7 Å². The molecule has 0 fully saturated rings. The molecule has 0 bridgehead atoms. The number of esters is 1. The van der Waals surface area contributed by atoms with Crippen LogP contribution in [0, 0.1) is 13.8 Å². The Hall–Kier alpha value is -3.51. The molecule has 0 amide bonds. The second-order valence-corrected chi connectivity index (χ2v) is 9.00. The molecule has 170 valence electrons. The summed E-state index contributed by atoms with van der Waals surface area (Å²) in [6.45, 7) is 3.99. The van der Waals surface area contributed by atoms with Gasteiger partial charge in [-0.2, -0.15) is 15.0 Å². The predicted octanol–water partition coefficient (Wildman–Crippen LogP) is 0.991. The number of anilines is 2. The second kappa shape index (κ2) is 8.93. The smallest absolute Gasteiger partial charge is 0.340 e. The molecule has 2 aromatic heterocycles. The first kappa shape index (κ1) is 23.2. The minimum Gasteiger partial charge on any atom is -0.454 e. The molecule has 1 aromatic carbocycles. The fraction of sp³-hybridized carbons (Fsp3) is 0.300. The number of sulfonamides is 1. The van der Waals surface area contributed by atoms with Crippen molar-refractivity contribution in [3.8, 4) is 0 Å². The standard InChI is InChI=1S/C20H25N7O4S/c1-12-9-16(18(28)31-11-17-23-19(21)25-20(24-17)26(3)4)13(2)27(12)10-14-5-7-15(8-6-14)32(22,29)30/h5-9H,10-11H2,1-4H3,(H2,22,29,30)(H2,21,23,24,25). The predicted molar refractivity (Wildman–Crippen MR) is 119 cm³/mol. The van der Waals surface area contributed by atoms with Crippen molar-refractivity contribution in [2.45, 2.75) is 31.9 Å². The Bertz CT molecular complexity index is 1250. The molecule has 32 heavy (non-hydrogen) atoms. The molecule has 0 aliphatic carbocycles. The summed E-state index contributed by atoms with van der Waals surface area (Å²) in [6.07, 6.45) is 0. The molecule has 4 N–H and O–H groups in total. The van der Waals surface area contributed by atoms with E-state index in [-0.39, 0.29) is 23.3 Å². The highest BCUT2D eigenvalue weighted by Crippen LogP contribution is 2.19. The van der Waals surface area contributed by atoms with Crippen molar-refractivity contribution in [1.29, 1.82) is 0 Å². The van der Waals surface area contributed by atoms with Crippen LogP contribution in [0.2, 0.25) is 0 Å². The molecule has 0 saturated carbocycles. The van der Waals surface area contributed by atoms with Crippen LogP contribution in [0.4, 0.5) is 11.9 Å². The Morgan fingerprint density at radius 2 is 1.78 bits per heavy atom. The fourth-order valence-electron chi connectivity index (χ4n) is 3.12. The highest BCUT2D eigenvalue weighted by molar-refractivity contribution is 7.89. The molecule has 3 rings (SSSR count). The number of carbonyl (C=O) groups is 1. The Labute approximate surface area is 186 Å². The molecule has 11 nitrogen and oxygen atoms in total. The first-order valence-electron chi connectivity index (χ1n) is 9.59. The number of nitrogen functional groups attached to an aromatic ring is 1. The number of benzene rings is 1. The van der Waals surface area contributed by atoms with Crippen LogP contribution in [0.5, 0.6) is 0 Å². The number of nitrogens with two attached hydrogens (primary N) is 2. The van der Waals surface area contributed by atoms with Gasteiger partial charge in [0.2, 0.25) is 21.9 Å². The van der Waals surface area contributed by atoms with Crippen molar-refractivity contribution in [2.24, 2.45) is 5.14 Å². The molecular weight excluding hydrogens is 434 g/mol. The Balaban J connectivity index is 1.75. The minimum absolute atomic E-state index is 0.0429. The van der Waals surface area contributed by atoms with Gasteiger partial charge in [0.1, 0.15) is 0 Å². The first-order valence-corrected chi connectivity index (χ1v) is 11.1. The lowest BCUT2D eigenvalue weighted by molar-refractivity contribution is 0.0461. The highest BCUT2D eigenvalue weighted by atomic mass is 32.2. The van der Waals surface area contributed by atoms with E-state index in [0.717, 1.165) is 11.3 Å². The summed E-state index contributed by atoms with van der Waals surface area (Å²) < 4.78 is 30.2. The van der Waals surface area contributed by atoms with Crippen LogP contribution in [0.1, 0.15) is 33.1 Å². The van der Waals surface area contributed by atoms with Crippen molar-refractivity contribution >= 4 is 27.9 Å². The number of aromatic nitrogens is 4. The number of aryl methyl sites for hydroxylation is 1. The lowest BCUT2D eigenvalue weighted by Gasteiger charge is -2.12. The minimum atomic E-state index is -3.75. The summed E-state index contributed by atoms with van der Waals surface area (Å²) >= 11 is 0. The Morgan fingerprint density at radius 1 is 1.12 bits per heavy atom. The number of primary sulfonamides is 1. The Morgan fingerprint density at radius 3 is 2.38 bits per heavy atom. The Kier molecular flexibility index (Phi) is 6.46. The molecule has 0 radical (unpaired) electrons. The van der Waals surface area contributed by atoms with Gasteiger partial charge in [0.05, 0.1) is 10.5 Å². The van der Waals surface area contributed by atoms with Gasteiger partial charge in [-0.1, -0.05) is 12.1 Å². The van der Waals surface area contributed by atoms with Gasteiger partial charge in [-0.3, -0.25) is 0 Å². The lowest BCUT2D eigenvalue weighted by atomic mass is 10.2. The molecule has 0 spiro atoms. The maximum absolute atomic E-state index is 12.7. The topological polar surface area (TPSA) is 159 Å². The van der Waals surface area contributed by atoms with Crippen LogP contribution in [0.3, 0.4) is 0 Å². The van der Waals surface area contributed by atoms with Crippen molar-refractivity contribution in [3.63, 3.8) is 0 Å².